The van der Waals surface area contributed by atoms with Crippen LogP contribution in [0.2, 0.25) is 0 Å². The Hall–Kier alpha value is -0.0800. The average Bonchev–Trinajstić information content (AvgIpc) is 2.98. The van der Waals surface area contributed by atoms with Crippen LogP contribution in [0.1, 0.15) is 52.4 Å². The molecule has 0 aromatic carbocycles. The third-order valence-corrected chi connectivity index (χ3v) is 4.95. The van der Waals surface area contributed by atoms with E-state index in [4.69, 9.17) is 0 Å². The molecule has 0 spiro atoms. The van der Waals surface area contributed by atoms with E-state index >= 15 is 0 Å². The van der Waals surface area contributed by atoms with Crippen LogP contribution >= 0.6 is 0 Å². The van der Waals surface area contributed by atoms with Crippen molar-refractivity contribution >= 4 is 0 Å². The molecule has 0 radical (unpaired) electrons. The minimum absolute atomic E-state index is 0.616. The minimum atomic E-state index is 0.616. The Bertz CT molecular complexity index is 233. The van der Waals surface area contributed by atoms with Crippen LogP contribution in [-0.2, 0) is 0 Å². The van der Waals surface area contributed by atoms with E-state index in [2.05, 4.69) is 38.2 Å². The molecule has 2 rings (SSSR count). The number of rotatable bonds is 4. The zero-order chi connectivity index (χ0) is 11.8. The van der Waals surface area contributed by atoms with E-state index in [0.717, 1.165) is 12.1 Å². The maximum absolute atomic E-state index is 3.88. The van der Waals surface area contributed by atoms with E-state index in [-0.39, 0.29) is 0 Å². The van der Waals surface area contributed by atoms with Crippen molar-refractivity contribution in [1.82, 2.24) is 10.2 Å². The molecule has 2 heteroatoms. The van der Waals surface area contributed by atoms with E-state index in [1.807, 2.05) is 0 Å². The maximum Gasteiger partial charge on any atom is 0.0104 e. The van der Waals surface area contributed by atoms with Gasteiger partial charge in [-0.3, -0.25) is 0 Å². The van der Waals surface area contributed by atoms with Gasteiger partial charge >= 0.3 is 0 Å². The van der Waals surface area contributed by atoms with E-state index in [1.54, 1.807) is 0 Å². The lowest BCUT2D eigenvalue weighted by Crippen LogP contribution is -2.46. The van der Waals surface area contributed by atoms with Crippen molar-refractivity contribution in [2.45, 2.75) is 70.5 Å². The van der Waals surface area contributed by atoms with Crippen molar-refractivity contribution in [3.05, 3.63) is 0 Å². The molecule has 0 aliphatic heterocycles. The van der Waals surface area contributed by atoms with E-state index in [1.165, 1.54) is 38.5 Å². The minimum Gasteiger partial charge on any atom is -0.311 e. The molecular formula is C14H28N2. The first-order valence-corrected chi connectivity index (χ1v) is 6.94. The quantitative estimate of drug-likeness (QED) is 0.790. The van der Waals surface area contributed by atoms with Crippen LogP contribution in [0, 0.1) is 5.41 Å². The van der Waals surface area contributed by atoms with Gasteiger partial charge in [-0.05, 0) is 58.5 Å². The second kappa shape index (κ2) is 4.66. The molecule has 2 fully saturated rings. The fourth-order valence-corrected chi connectivity index (χ4v) is 2.97. The van der Waals surface area contributed by atoms with Crippen LogP contribution in [0.25, 0.3) is 0 Å². The first-order chi connectivity index (χ1) is 7.51. The molecule has 3 unspecified atom stereocenters. The highest BCUT2D eigenvalue weighted by atomic mass is 15.1. The smallest absolute Gasteiger partial charge is 0.0104 e. The summed E-state index contributed by atoms with van der Waals surface area (Å²) in [6.07, 6.45) is 8.34. The first-order valence-electron chi connectivity index (χ1n) is 6.94. The SMILES string of the molecule is CC(NC1CCCC(N(C)C)C1)C1(C)CC1. The summed E-state index contributed by atoms with van der Waals surface area (Å²) in [6, 6.07) is 2.26. The largest absolute Gasteiger partial charge is 0.311 e. The zero-order valence-corrected chi connectivity index (χ0v) is 11.4. The number of nitrogens with one attached hydrogen (secondary N) is 1. The second-order valence-corrected chi connectivity index (χ2v) is 6.52. The van der Waals surface area contributed by atoms with Gasteiger partial charge in [-0.15, -0.1) is 0 Å². The Morgan fingerprint density at radius 2 is 1.94 bits per heavy atom. The summed E-state index contributed by atoms with van der Waals surface area (Å²) >= 11 is 0. The molecule has 3 atom stereocenters. The molecule has 0 aromatic rings. The predicted octanol–water partition coefficient (Wildman–Crippen LogP) is 2.64. The number of hydrogen-bond acceptors (Lipinski definition) is 2. The predicted molar refractivity (Wildman–Crippen MR) is 69.7 cm³/mol. The molecule has 0 aromatic heterocycles. The Kier molecular flexibility index (Phi) is 3.60. The van der Waals surface area contributed by atoms with Crippen molar-refractivity contribution in [2.75, 3.05) is 14.1 Å². The second-order valence-electron chi connectivity index (χ2n) is 6.52. The van der Waals surface area contributed by atoms with Crippen molar-refractivity contribution in [2.24, 2.45) is 5.41 Å². The lowest BCUT2D eigenvalue weighted by Gasteiger charge is -2.36. The van der Waals surface area contributed by atoms with Crippen LogP contribution in [0.3, 0.4) is 0 Å². The topological polar surface area (TPSA) is 15.3 Å². The highest BCUT2D eigenvalue weighted by molar-refractivity contribution is 4.98. The molecule has 2 saturated carbocycles. The van der Waals surface area contributed by atoms with Crippen molar-refractivity contribution in [1.29, 1.82) is 0 Å². The number of hydrogen-bond donors (Lipinski definition) is 1. The summed E-state index contributed by atoms with van der Waals surface area (Å²) in [5.74, 6) is 0. The standard InChI is InChI=1S/C14H28N2/c1-11(14(2)8-9-14)15-12-6-5-7-13(10-12)16(3)4/h11-13,15H,5-10H2,1-4H3. The van der Waals surface area contributed by atoms with E-state index in [0.29, 0.717) is 11.5 Å². The van der Waals surface area contributed by atoms with Gasteiger partial charge in [-0.25, -0.2) is 0 Å². The highest BCUT2D eigenvalue weighted by Crippen LogP contribution is 2.48. The molecule has 0 bridgehead atoms. The number of nitrogens with zero attached hydrogens (tertiary/aromatic N) is 1. The first kappa shape index (κ1) is 12.4. The maximum atomic E-state index is 3.88. The monoisotopic (exact) mass is 224 g/mol. The summed E-state index contributed by atoms with van der Waals surface area (Å²) in [4.78, 5) is 2.40. The van der Waals surface area contributed by atoms with Crippen molar-refractivity contribution in [3.8, 4) is 0 Å². The summed E-state index contributed by atoms with van der Waals surface area (Å²) in [7, 11) is 4.44. The average molecular weight is 224 g/mol. The fraction of sp³-hybridized carbons (Fsp3) is 1.00. The molecule has 94 valence electrons. The van der Waals surface area contributed by atoms with Gasteiger partial charge in [-0.1, -0.05) is 13.3 Å². The van der Waals surface area contributed by atoms with Gasteiger partial charge in [0.1, 0.15) is 0 Å². The van der Waals surface area contributed by atoms with Crippen LogP contribution in [-0.4, -0.2) is 37.1 Å². The normalized spacial score (nSPS) is 35.1. The molecule has 16 heavy (non-hydrogen) atoms. The Balaban J connectivity index is 1.81. The fourth-order valence-electron chi connectivity index (χ4n) is 2.97. The molecule has 0 amide bonds. The van der Waals surface area contributed by atoms with Crippen LogP contribution in [0.5, 0.6) is 0 Å². The molecule has 0 heterocycles. The molecule has 2 nitrogen and oxygen atoms in total. The molecule has 0 saturated heterocycles. The van der Waals surface area contributed by atoms with Crippen molar-refractivity contribution in [3.63, 3.8) is 0 Å². The van der Waals surface area contributed by atoms with Crippen LogP contribution in [0.15, 0.2) is 0 Å². The van der Waals surface area contributed by atoms with Crippen molar-refractivity contribution < 1.29 is 0 Å². The van der Waals surface area contributed by atoms with Gasteiger partial charge in [-0.2, -0.15) is 0 Å². The third kappa shape index (κ3) is 2.78. The van der Waals surface area contributed by atoms with Gasteiger partial charge < -0.3 is 10.2 Å². The van der Waals surface area contributed by atoms with Gasteiger partial charge in [0.15, 0.2) is 0 Å². The lowest BCUT2D eigenvalue weighted by atomic mass is 9.88. The third-order valence-electron chi connectivity index (χ3n) is 4.95. The Morgan fingerprint density at radius 1 is 1.25 bits per heavy atom. The van der Waals surface area contributed by atoms with Gasteiger partial charge in [0.25, 0.3) is 0 Å². The highest BCUT2D eigenvalue weighted by Gasteiger charge is 2.43. The Morgan fingerprint density at radius 3 is 2.50 bits per heavy atom. The van der Waals surface area contributed by atoms with E-state index < -0.39 is 0 Å². The molecule has 2 aliphatic carbocycles. The molecule has 1 N–H and O–H groups in total. The molecular weight excluding hydrogens is 196 g/mol. The summed E-state index contributed by atoms with van der Waals surface area (Å²) in [5, 5.41) is 3.88. The van der Waals surface area contributed by atoms with Crippen LogP contribution in [0.4, 0.5) is 0 Å². The van der Waals surface area contributed by atoms with E-state index in [9.17, 15) is 0 Å². The van der Waals surface area contributed by atoms with Gasteiger partial charge in [0, 0.05) is 18.1 Å². The Labute approximate surface area is 101 Å². The lowest BCUT2D eigenvalue weighted by molar-refractivity contribution is 0.184. The summed E-state index contributed by atoms with van der Waals surface area (Å²) < 4.78 is 0. The van der Waals surface area contributed by atoms with Gasteiger partial charge in [0.2, 0.25) is 0 Å². The summed E-state index contributed by atoms with van der Waals surface area (Å²) in [6.45, 7) is 4.81. The van der Waals surface area contributed by atoms with Crippen LogP contribution < -0.4 is 5.32 Å². The van der Waals surface area contributed by atoms with Gasteiger partial charge in [0.05, 0.1) is 0 Å². The zero-order valence-electron chi connectivity index (χ0n) is 11.4. The molecule has 2 aliphatic rings. The summed E-state index contributed by atoms with van der Waals surface area (Å²) in [5.41, 5.74) is 0.616.